The maximum atomic E-state index is 15.1. The van der Waals surface area contributed by atoms with Gasteiger partial charge in [0.15, 0.2) is 23.2 Å². The van der Waals surface area contributed by atoms with Gasteiger partial charge in [0.25, 0.3) is 0 Å². The van der Waals surface area contributed by atoms with E-state index in [2.05, 4.69) is 0 Å². The fourth-order valence-electron chi connectivity index (χ4n) is 5.65. The Hall–Kier alpha value is -2.93. The molecule has 1 saturated carbocycles. The monoisotopic (exact) mass is 546 g/mol. The van der Waals surface area contributed by atoms with Gasteiger partial charge in [-0.3, -0.25) is 0 Å². The van der Waals surface area contributed by atoms with E-state index in [1.165, 1.54) is 24.3 Å². The number of hydrogen-bond acceptors (Lipinski definition) is 2. The molecule has 0 aromatic heterocycles. The number of halogens is 5. The third kappa shape index (κ3) is 6.46. The molecule has 7 heteroatoms. The van der Waals surface area contributed by atoms with Crippen molar-refractivity contribution in [3.63, 3.8) is 0 Å². The highest BCUT2D eigenvalue weighted by Crippen LogP contribution is 2.40. The fourth-order valence-corrected chi connectivity index (χ4v) is 5.65. The Morgan fingerprint density at radius 2 is 1.59 bits per heavy atom. The van der Waals surface area contributed by atoms with Crippen molar-refractivity contribution >= 4 is 0 Å². The van der Waals surface area contributed by atoms with Crippen molar-refractivity contribution in [2.24, 2.45) is 5.92 Å². The molecule has 1 aliphatic rings. The highest BCUT2D eigenvalue weighted by Gasteiger charge is 2.26. The molecule has 3 aromatic carbocycles. The number of aliphatic hydroxyl groups excluding tert-OH is 1. The van der Waals surface area contributed by atoms with Crippen LogP contribution < -0.4 is 4.74 Å². The van der Waals surface area contributed by atoms with Crippen LogP contribution in [0.3, 0.4) is 0 Å². The topological polar surface area (TPSA) is 29.5 Å². The first-order valence-corrected chi connectivity index (χ1v) is 13.8. The molecular weight excluding hydrogens is 511 g/mol. The number of hydrogen-bond donors (Lipinski definition) is 1. The van der Waals surface area contributed by atoms with Crippen molar-refractivity contribution in [1.82, 2.24) is 0 Å². The van der Waals surface area contributed by atoms with Crippen LogP contribution in [0.2, 0.25) is 0 Å². The molecule has 4 rings (SSSR count). The second-order valence-corrected chi connectivity index (χ2v) is 10.4. The largest absolute Gasteiger partial charge is 0.491 e. The highest BCUT2D eigenvalue weighted by atomic mass is 19.2. The smallest absolute Gasteiger partial charge is 0.201 e. The SMILES string of the molecule is CCCC(O)c1ccc(CCC2CCC(c3ccc(-c4ccc(OCC)c(F)c4F)cc3F)CC2)c(F)c1F. The summed E-state index contributed by atoms with van der Waals surface area (Å²) in [4.78, 5) is 0. The summed E-state index contributed by atoms with van der Waals surface area (Å²) in [7, 11) is 0. The van der Waals surface area contributed by atoms with Crippen LogP contribution in [0.25, 0.3) is 11.1 Å². The lowest BCUT2D eigenvalue weighted by Crippen LogP contribution is -2.15. The first-order chi connectivity index (χ1) is 18.7. The van der Waals surface area contributed by atoms with E-state index in [1.807, 2.05) is 6.92 Å². The second-order valence-electron chi connectivity index (χ2n) is 10.4. The third-order valence-electron chi connectivity index (χ3n) is 7.88. The number of benzene rings is 3. The lowest BCUT2D eigenvalue weighted by Gasteiger charge is -2.29. The molecule has 2 nitrogen and oxygen atoms in total. The Morgan fingerprint density at radius 3 is 2.26 bits per heavy atom. The zero-order valence-electron chi connectivity index (χ0n) is 22.4. The normalized spacial score (nSPS) is 18.3. The number of aryl methyl sites for hydroxylation is 1. The lowest BCUT2D eigenvalue weighted by molar-refractivity contribution is 0.160. The predicted molar refractivity (Wildman–Crippen MR) is 142 cm³/mol. The minimum absolute atomic E-state index is 0.00190. The Balaban J connectivity index is 1.36. The third-order valence-corrected chi connectivity index (χ3v) is 7.88. The van der Waals surface area contributed by atoms with E-state index in [0.717, 1.165) is 25.7 Å². The van der Waals surface area contributed by atoms with Crippen LogP contribution in [0.5, 0.6) is 5.75 Å². The zero-order valence-corrected chi connectivity index (χ0v) is 22.4. The molecule has 0 spiro atoms. The molecule has 1 N–H and O–H groups in total. The molecule has 0 amide bonds. The van der Waals surface area contributed by atoms with Crippen LogP contribution in [-0.4, -0.2) is 11.7 Å². The molecule has 3 aromatic rings. The van der Waals surface area contributed by atoms with Gasteiger partial charge in [0, 0.05) is 11.1 Å². The summed E-state index contributed by atoms with van der Waals surface area (Å²) in [6.07, 6.45) is 4.31. The summed E-state index contributed by atoms with van der Waals surface area (Å²) < 4.78 is 78.2. The summed E-state index contributed by atoms with van der Waals surface area (Å²) in [5.74, 6) is -4.33. The summed E-state index contributed by atoms with van der Waals surface area (Å²) in [6, 6.07) is 10.3. The number of rotatable bonds is 10. The van der Waals surface area contributed by atoms with Gasteiger partial charge in [0.05, 0.1) is 12.7 Å². The van der Waals surface area contributed by atoms with Gasteiger partial charge in [0.1, 0.15) is 5.82 Å². The van der Waals surface area contributed by atoms with E-state index in [-0.39, 0.29) is 35.0 Å². The van der Waals surface area contributed by atoms with Crippen LogP contribution in [-0.2, 0) is 6.42 Å². The van der Waals surface area contributed by atoms with Gasteiger partial charge >= 0.3 is 0 Å². The minimum atomic E-state index is -1.09. The Labute approximate surface area is 226 Å². The molecule has 0 radical (unpaired) electrons. The second kappa shape index (κ2) is 12.9. The van der Waals surface area contributed by atoms with Crippen LogP contribution in [0.15, 0.2) is 42.5 Å². The van der Waals surface area contributed by atoms with Crippen LogP contribution in [0.1, 0.15) is 87.5 Å². The quantitative estimate of drug-likeness (QED) is 0.257. The number of ether oxygens (including phenoxy) is 1. The molecular formula is C32H35F5O2. The summed E-state index contributed by atoms with van der Waals surface area (Å²) in [5, 5.41) is 10.0. The van der Waals surface area contributed by atoms with Crippen molar-refractivity contribution in [3.05, 3.63) is 88.2 Å². The van der Waals surface area contributed by atoms with Gasteiger partial charge in [-0.15, -0.1) is 0 Å². The number of aliphatic hydroxyl groups is 1. The van der Waals surface area contributed by atoms with Crippen molar-refractivity contribution in [2.75, 3.05) is 6.61 Å². The van der Waals surface area contributed by atoms with E-state index in [4.69, 9.17) is 4.74 Å². The predicted octanol–water partition coefficient (Wildman–Crippen LogP) is 9.19. The average Bonchev–Trinajstić information content (AvgIpc) is 2.93. The Bertz CT molecular complexity index is 1280. The van der Waals surface area contributed by atoms with Gasteiger partial charge in [-0.25, -0.2) is 17.6 Å². The molecule has 210 valence electrons. The van der Waals surface area contributed by atoms with Crippen molar-refractivity contribution in [3.8, 4) is 16.9 Å². The van der Waals surface area contributed by atoms with E-state index in [0.29, 0.717) is 42.7 Å². The maximum Gasteiger partial charge on any atom is 0.201 e. The Kier molecular flexibility index (Phi) is 9.65. The molecule has 1 fully saturated rings. The van der Waals surface area contributed by atoms with Crippen molar-refractivity contribution < 1.29 is 31.8 Å². The van der Waals surface area contributed by atoms with Crippen LogP contribution in [0, 0.1) is 35.0 Å². The maximum absolute atomic E-state index is 15.1. The first kappa shape index (κ1) is 29.1. The van der Waals surface area contributed by atoms with Crippen molar-refractivity contribution in [2.45, 2.75) is 77.2 Å². The standard InChI is InChI=1S/C32H35F5O2/c1-3-5-27(38)25-15-12-21(29(34)31(25)36)11-8-19-6-9-20(10-7-19)23-14-13-22(18-26(23)33)24-16-17-28(39-4-2)32(37)30(24)35/h12-20,27,38H,3-11H2,1-2H3. The van der Waals surface area contributed by atoms with Gasteiger partial charge in [-0.2, -0.15) is 4.39 Å². The van der Waals surface area contributed by atoms with E-state index in [9.17, 15) is 22.7 Å². The lowest BCUT2D eigenvalue weighted by atomic mass is 9.76. The summed E-state index contributed by atoms with van der Waals surface area (Å²) in [5.41, 5.74) is 1.09. The van der Waals surface area contributed by atoms with E-state index in [1.54, 1.807) is 25.1 Å². The molecule has 0 heterocycles. The molecule has 1 aliphatic carbocycles. The molecule has 0 saturated heterocycles. The van der Waals surface area contributed by atoms with Gasteiger partial charge in [0.2, 0.25) is 5.82 Å². The molecule has 0 bridgehead atoms. The molecule has 0 aliphatic heterocycles. The summed E-state index contributed by atoms with van der Waals surface area (Å²) >= 11 is 0. The Morgan fingerprint density at radius 1 is 0.846 bits per heavy atom. The van der Waals surface area contributed by atoms with E-state index >= 15 is 4.39 Å². The molecule has 1 unspecified atom stereocenters. The van der Waals surface area contributed by atoms with Gasteiger partial charge in [-0.05, 0) is 98.6 Å². The van der Waals surface area contributed by atoms with Gasteiger partial charge < -0.3 is 9.84 Å². The van der Waals surface area contributed by atoms with Crippen LogP contribution >= 0.6 is 0 Å². The molecule has 1 atom stereocenters. The van der Waals surface area contributed by atoms with Gasteiger partial charge in [-0.1, -0.05) is 37.6 Å². The minimum Gasteiger partial charge on any atom is -0.491 e. The van der Waals surface area contributed by atoms with Crippen LogP contribution in [0.4, 0.5) is 22.0 Å². The summed E-state index contributed by atoms with van der Waals surface area (Å²) in [6.45, 7) is 3.75. The van der Waals surface area contributed by atoms with Crippen molar-refractivity contribution in [1.29, 1.82) is 0 Å². The molecule has 39 heavy (non-hydrogen) atoms. The zero-order chi connectivity index (χ0) is 28.1. The first-order valence-electron chi connectivity index (χ1n) is 13.8. The highest BCUT2D eigenvalue weighted by molar-refractivity contribution is 5.66. The fraction of sp³-hybridized carbons (Fsp3) is 0.438. The van der Waals surface area contributed by atoms with E-state index < -0.39 is 35.2 Å². The average molecular weight is 547 g/mol.